The first-order chi connectivity index (χ1) is 4.63. The smallest absolute Gasteiger partial charge is 0.319 e. The lowest BCUT2D eigenvalue weighted by atomic mass is 10.2. The van der Waals surface area contributed by atoms with Gasteiger partial charge in [-0.2, -0.15) is 0 Å². The molecule has 0 aromatic heterocycles. The molecule has 0 radical (unpaired) electrons. The lowest BCUT2D eigenvalue weighted by Crippen LogP contribution is -1.93. The van der Waals surface area contributed by atoms with Gasteiger partial charge in [-0.1, -0.05) is 19.0 Å². The third-order valence-corrected chi connectivity index (χ3v) is 0.833. The number of oxime groups is 1. The molecule has 0 atom stereocenters. The molecule has 0 heterocycles. The second-order valence-electron chi connectivity index (χ2n) is 2.50. The zero-order valence-electron chi connectivity index (χ0n) is 6.63. The van der Waals surface area contributed by atoms with E-state index in [1.54, 1.807) is 6.21 Å². The average Bonchev–Trinajstić information content (AvgIpc) is 1.79. The number of carbonyl (C=O) groups is 1. The van der Waals surface area contributed by atoms with E-state index < -0.39 is 0 Å². The monoisotopic (exact) mass is 143 g/mol. The summed E-state index contributed by atoms with van der Waals surface area (Å²) in [7, 11) is 0. The summed E-state index contributed by atoms with van der Waals surface area (Å²) in [5.74, 6) is 0.180. The van der Waals surface area contributed by atoms with Crippen LogP contribution in [0.5, 0.6) is 0 Å². The van der Waals surface area contributed by atoms with Gasteiger partial charge in [-0.05, 0) is 12.3 Å². The zero-order valence-corrected chi connectivity index (χ0v) is 6.63. The summed E-state index contributed by atoms with van der Waals surface area (Å²) in [6.07, 6.45) is 2.44. The Bertz CT molecular complexity index is 130. The number of nitrogens with zero attached hydrogens (tertiary/aromatic N) is 1. The van der Waals surface area contributed by atoms with Crippen molar-refractivity contribution in [3.8, 4) is 0 Å². The average molecular weight is 143 g/mol. The molecule has 0 N–H and O–H groups in total. The van der Waals surface area contributed by atoms with E-state index in [2.05, 4.69) is 23.8 Å². The van der Waals surface area contributed by atoms with Gasteiger partial charge in [-0.25, -0.2) is 4.79 Å². The Hall–Kier alpha value is -0.860. The summed E-state index contributed by atoms with van der Waals surface area (Å²) in [4.78, 5) is 14.5. The molecule has 0 aromatic rings. The summed E-state index contributed by atoms with van der Waals surface area (Å²) in [5.41, 5.74) is 0. The Morgan fingerprint density at radius 2 is 2.30 bits per heavy atom. The quantitative estimate of drug-likeness (QED) is 0.342. The van der Waals surface area contributed by atoms with Gasteiger partial charge in [-0.15, -0.1) is 0 Å². The van der Waals surface area contributed by atoms with E-state index in [4.69, 9.17) is 0 Å². The molecule has 0 amide bonds. The normalized spacial score (nSPS) is 10.8. The fraction of sp³-hybridized carbons (Fsp3) is 0.714. The summed E-state index contributed by atoms with van der Waals surface area (Å²) in [6.45, 7) is 5.46. The fourth-order valence-electron chi connectivity index (χ4n) is 0.365. The minimum Gasteiger partial charge on any atom is -0.319 e. The molecular weight excluding hydrogens is 130 g/mol. The molecule has 3 nitrogen and oxygen atoms in total. The SMILES string of the molecule is CC(=O)O/N=C/CC(C)C. The van der Waals surface area contributed by atoms with Crippen LogP contribution in [0, 0.1) is 5.92 Å². The predicted molar refractivity (Wildman–Crippen MR) is 39.7 cm³/mol. The lowest BCUT2D eigenvalue weighted by molar-refractivity contribution is -0.140. The summed E-state index contributed by atoms with van der Waals surface area (Å²) >= 11 is 0. The minimum atomic E-state index is -0.375. The largest absolute Gasteiger partial charge is 0.331 e. The van der Waals surface area contributed by atoms with Gasteiger partial charge in [0, 0.05) is 13.1 Å². The van der Waals surface area contributed by atoms with Crippen molar-refractivity contribution in [2.75, 3.05) is 0 Å². The van der Waals surface area contributed by atoms with Crippen LogP contribution in [0.2, 0.25) is 0 Å². The molecule has 58 valence electrons. The van der Waals surface area contributed by atoms with Crippen molar-refractivity contribution in [2.24, 2.45) is 11.1 Å². The van der Waals surface area contributed by atoms with Crippen molar-refractivity contribution in [3.05, 3.63) is 0 Å². The topological polar surface area (TPSA) is 38.7 Å². The predicted octanol–water partition coefficient (Wildman–Crippen LogP) is 1.58. The van der Waals surface area contributed by atoms with Crippen LogP contribution in [0.25, 0.3) is 0 Å². The van der Waals surface area contributed by atoms with E-state index in [9.17, 15) is 4.79 Å². The van der Waals surface area contributed by atoms with Crippen molar-refractivity contribution in [3.63, 3.8) is 0 Å². The van der Waals surface area contributed by atoms with Gasteiger partial charge in [0.15, 0.2) is 0 Å². The number of hydrogen-bond acceptors (Lipinski definition) is 3. The van der Waals surface area contributed by atoms with Crippen LogP contribution in [-0.4, -0.2) is 12.2 Å². The van der Waals surface area contributed by atoms with Crippen molar-refractivity contribution >= 4 is 12.2 Å². The van der Waals surface area contributed by atoms with E-state index in [0.717, 1.165) is 6.42 Å². The Morgan fingerprint density at radius 1 is 1.70 bits per heavy atom. The molecule has 0 aromatic carbocycles. The fourth-order valence-corrected chi connectivity index (χ4v) is 0.365. The van der Waals surface area contributed by atoms with Crippen LogP contribution in [0.4, 0.5) is 0 Å². The molecule has 0 fully saturated rings. The highest BCUT2D eigenvalue weighted by Gasteiger charge is 1.89. The van der Waals surface area contributed by atoms with Gasteiger partial charge < -0.3 is 4.84 Å². The van der Waals surface area contributed by atoms with Gasteiger partial charge in [0.2, 0.25) is 0 Å². The first kappa shape index (κ1) is 9.14. The summed E-state index contributed by atoms with van der Waals surface area (Å²) in [6, 6.07) is 0. The second-order valence-corrected chi connectivity index (χ2v) is 2.50. The molecule has 0 saturated heterocycles. The van der Waals surface area contributed by atoms with Gasteiger partial charge in [0.1, 0.15) is 0 Å². The highest BCUT2D eigenvalue weighted by Crippen LogP contribution is 1.94. The third kappa shape index (κ3) is 7.14. The third-order valence-electron chi connectivity index (χ3n) is 0.833. The van der Waals surface area contributed by atoms with E-state index in [1.165, 1.54) is 6.92 Å². The molecule has 0 aliphatic carbocycles. The van der Waals surface area contributed by atoms with Crippen molar-refractivity contribution in [1.82, 2.24) is 0 Å². The number of carbonyl (C=O) groups excluding carboxylic acids is 1. The maximum atomic E-state index is 10.2. The number of hydrogen-bond donors (Lipinski definition) is 0. The van der Waals surface area contributed by atoms with Crippen molar-refractivity contribution < 1.29 is 9.63 Å². The van der Waals surface area contributed by atoms with Gasteiger partial charge in [0.25, 0.3) is 0 Å². The van der Waals surface area contributed by atoms with E-state index in [1.807, 2.05) is 0 Å². The minimum absolute atomic E-state index is 0.375. The molecule has 0 spiro atoms. The molecule has 0 unspecified atom stereocenters. The highest BCUT2D eigenvalue weighted by molar-refractivity contribution is 5.67. The molecule has 10 heavy (non-hydrogen) atoms. The van der Waals surface area contributed by atoms with Crippen molar-refractivity contribution in [1.29, 1.82) is 0 Å². The maximum absolute atomic E-state index is 10.2. The number of rotatable bonds is 3. The van der Waals surface area contributed by atoms with Gasteiger partial charge in [-0.3, -0.25) is 0 Å². The Kier molecular flexibility index (Phi) is 4.54. The molecule has 0 bridgehead atoms. The van der Waals surface area contributed by atoms with E-state index in [-0.39, 0.29) is 5.97 Å². The van der Waals surface area contributed by atoms with Crippen LogP contribution in [0.15, 0.2) is 5.16 Å². The zero-order chi connectivity index (χ0) is 7.98. The van der Waals surface area contributed by atoms with Crippen LogP contribution in [0.3, 0.4) is 0 Å². The summed E-state index contributed by atoms with van der Waals surface area (Å²) in [5, 5.41) is 3.44. The van der Waals surface area contributed by atoms with Crippen LogP contribution < -0.4 is 0 Å². The maximum Gasteiger partial charge on any atom is 0.331 e. The van der Waals surface area contributed by atoms with Crippen LogP contribution in [-0.2, 0) is 9.63 Å². The molecule has 0 aliphatic heterocycles. The Morgan fingerprint density at radius 3 is 2.70 bits per heavy atom. The Balaban J connectivity index is 3.29. The van der Waals surface area contributed by atoms with Crippen molar-refractivity contribution in [2.45, 2.75) is 27.2 Å². The van der Waals surface area contributed by atoms with Gasteiger partial charge in [0.05, 0.1) is 0 Å². The van der Waals surface area contributed by atoms with Gasteiger partial charge >= 0.3 is 5.97 Å². The standard InChI is InChI=1S/C7H13NO2/c1-6(2)4-5-8-10-7(3)9/h5-6H,4H2,1-3H3/b8-5+. The summed E-state index contributed by atoms with van der Waals surface area (Å²) < 4.78 is 0. The molecule has 3 heteroatoms. The Labute approximate surface area is 61.1 Å². The van der Waals surface area contributed by atoms with Crippen LogP contribution in [0.1, 0.15) is 27.2 Å². The molecule has 0 aliphatic rings. The molecular formula is C7H13NO2. The second kappa shape index (κ2) is 4.97. The first-order valence-corrected chi connectivity index (χ1v) is 3.32. The highest BCUT2D eigenvalue weighted by atomic mass is 16.7. The molecule has 0 saturated carbocycles. The lowest BCUT2D eigenvalue weighted by Gasteiger charge is -1.94. The molecule has 0 rings (SSSR count). The van der Waals surface area contributed by atoms with E-state index in [0.29, 0.717) is 5.92 Å². The van der Waals surface area contributed by atoms with Crippen LogP contribution >= 0.6 is 0 Å². The van der Waals surface area contributed by atoms with E-state index >= 15 is 0 Å². The first-order valence-electron chi connectivity index (χ1n) is 3.32.